The second kappa shape index (κ2) is 15.4. The van der Waals surface area contributed by atoms with Crippen LogP contribution in [0.15, 0.2) is 121 Å². The smallest absolute Gasteiger partial charge is 0.262 e. The number of carbonyl (C=O) groups is 4. The van der Waals surface area contributed by atoms with Gasteiger partial charge in [0, 0.05) is 55.3 Å². The summed E-state index contributed by atoms with van der Waals surface area (Å²) in [7, 11) is 1.86. The van der Waals surface area contributed by atoms with Gasteiger partial charge in [0.2, 0.25) is 11.8 Å². The zero-order valence-electron chi connectivity index (χ0n) is 31.7. The number of pyridine rings is 1. The van der Waals surface area contributed by atoms with Crippen LogP contribution in [0.4, 0.5) is 0 Å². The van der Waals surface area contributed by atoms with Crippen LogP contribution in [-0.4, -0.2) is 75.3 Å². The highest BCUT2D eigenvalue weighted by molar-refractivity contribution is 6.25. The molecule has 12 nitrogen and oxygen atoms in total. The number of hydrogen-bond acceptors (Lipinski definition) is 9. The fourth-order valence-corrected chi connectivity index (χ4v) is 7.95. The first kappa shape index (κ1) is 36.4. The molecular weight excluding hydrogens is 733 g/mol. The maximum absolute atomic E-state index is 13.6. The number of carbonyl (C=O) groups excluding carboxylic acids is 4. The van der Waals surface area contributed by atoms with Gasteiger partial charge in [-0.2, -0.15) is 5.10 Å². The van der Waals surface area contributed by atoms with Crippen molar-refractivity contribution in [3.05, 3.63) is 138 Å². The molecule has 3 aliphatic rings. The quantitative estimate of drug-likeness (QED) is 0.111. The van der Waals surface area contributed by atoms with Crippen LogP contribution in [0.3, 0.4) is 0 Å². The van der Waals surface area contributed by atoms with Crippen molar-refractivity contribution in [2.24, 2.45) is 4.99 Å². The molecule has 4 heterocycles. The number of rotatable bonds is 11. The topological polar surface area (TPSA) is 145 Å². The Kier molecular flexibility index (Phi) is 9.66. The lowest BCUT2D eigenvalue weighted by Crippen LogP contribution is -2.54. The van der Waals surface area contributed by atoms with Crippen molar-refractivity contribution in [2.75, 3.05) is 20.3 Å². The first-order valence-electron chi connectivity index (χ1n) is 19.3. The molecule has 0 spiro atoms. The summed E-state index contributed by atoms with van der Waals surface area (Å²) in [5, 5.41) is 7.26. The molecule has 4 aromatic carbocycles. The number of fused-ring (bicyclic) bond motifs is 2. The number of nitrogens with zero attached hydrogens (tertiary/aromatic N) is 5. The van der Waals surface area contributed by atoms with Crippen LogP contribution in [0.25, 0.3) is 39.2 Å². The minimum absolute atomic E-state index is 0.0583. The molecule has 1 fully saturated rings. The van der Waals surface area contributed by atoms with Crippen LogP contribution < -0.4 is 14.8 Å². The fraction of sp³-hybridized carbons (Fsp3) is 0.196. The van der Waals surface area contributed by atoms with E-state index in [0.29, 0.717) is 36.5 Å². The second-order valence-corrected chi connectivity index (χ2v) is 14.4. The van der Waals surface area contributed by atoms with Crippen LogP contribution in [-0.2, 0) is 16.0 Å². The van der Waals surface area contributed by atoms with E-state index in [1.54, 1.807) is 30.6 Å². The van der Waals surface area contributed by atoms with E-state index in [1.165, 1.54) is 11.1 Å². The molecule has 1 aliphatic carbocycles. The number of ether oxygens (including phenoxy) is 2. The molecule has 2 aromatic heterocycles. The Balaban J connectivity index is 0.835. The maximum atomic E-state index is 13.6. The first-order chi connectivity index (χ1) is 28.4. The SMILES string of the molecule is CN=C1CCc2cc(-c3cn(-c4ccc(OCCCOc5cccc(-c6cccc7c6C(=O)N(C6CCC(=O)NC6=O)C7=O)c5)cc4)nc3-c3ccncc3)ccc21. The number of benzene rings is 4. The Morgan fingerprint density at radius 2 is 1.48 bits per heavy atom. The standard InChI is InChI=1S/C46H38N6O6/c1-47-39-16-10-30-25-31(9-15-35(30)39)38-27-51(50-43(38)28-19-21-48-22-20-28)32-11-13-33(14-12-32)57-23-4-24-58-34-6-2-5-29(26-34)36-7-3-8-37-42(36)46(56)52(45(37)55)40-17-18-41(53)49-44(40)54/h2-3,5-9,11-15,19-22,25-27,40H,4,10,16-18,23-24H2,1H3,(H,49,53,54). The number of hydrogen-bond donors (Lipinski definition) is 1. The molecule has 1 N–H and O–H groups in total. The molecule has 9 rings (SSSR count). The number of nitrogens with one attached hydrogen (secondary N) is 1. The van der Waals surface area contributed by atoms with Crippen molar-refractivity contribution >= 4 is 29.3 Å². The Morgan fingerprint density at radius 1 is 0.724 bits per heavy atom. The third-order valence-electron chi connectivity index (χ3n) is 10.8. The molecule has 1 saturated heterocycles. The molecule has 0 radical (unpaired) electrons. The summed E-state index contributed by atoms with van der Waals surface area (Å²) in [6.07, 6.45) is 8.34. The molecule has 0 bridgehead atoms. The van der Waals surface area contributed by atoms with Crippen molar-refractivity contribution in [1.82, 2.24) is 25.0 Å². The van der Waals surface area contributed by atoms with Gasteiger partial charge in [-0.1, -0.05) is 42.5 Å². The number of aryl methyl sites for hydroxylation is 1. The molecule has 1 unspecified atom stereocenters. The van der Waals surface area contributed by atoms with Gasteiger partial charge < -0.3 is 9.47 Å². The molecular formula is C46H38N6O6. The summed E-state index contributed by atoms with van der Waals surface area (Å²) in [4.78, 5) is 60.8. The molecule has 1 atom stereocenters. The summed E-state index contributed by atoms with van der Waals surface area (Å²) in [6.45, 7) is 0.817. The normalized spacial score (nSPS) is 16.7. The van der Waals surface area contributed by atoms with Crippen molar-refractivity contribution < 1.29 is 28.7 Å². The van der Waals surface area contributed by atoms with Crippen LogP contribution in [0.2, 0.25) is 0 Å². The molecule has 4 amide bonds. The maximum Gasteiger partial charge on any atom is 0.262 e. The number of aliphatic imine (C=N–C) groups is 1. The summed E-state index contributed by atoms with van der Waals surface area (Å²) in [5.74, 6) is -0.833. The second-order valence-electron chi connectivity index (χ2n) is 14.4. The van der Waals surface area contributed by atoms with Gasteiger partial charge in [-0.25, -0.2) is 4.68 Å². The highest BCUT2D eigenvalue weighted by Crippen LogP contribution is 2.37. The average Bonchev–Trinajstić information content (AvgIpc) is 3.95. The van der Waals surface area contributed by atoms with Crippen molar-refractivity contribution in [3.8, 4) is 50.7 Å². The van der Waals surface area contributed by atoms with Crippen LogP contribution in [0.5, 0.6) is 11.5 Å². The lowest BCUT2D eigenvalue weighted by Gasteiger charge is -2.27. The Morgan fingerprint density at radius 3 is 2.28 bits per heavy atom. The van der Waals surface area contributed by atoms with E-state index in [4.69, 9.17) is 14.6 Å². The van der Waals surface area contributed by atoms with Gasteiger partial charge in [0.25, 0.3) is 11.8 Å². The van der Waals surface area contributed by atoms with Crippen LogP contribution in [0.1, 0.15) is 57.5 Å². The van der Waals surface area contributed by atoms with E-state index in [2.05, 4.69) is 39.7 Å². The first-order valence-corrected chi connectivity index (χ1v) is 19.3. The summed E-state index contributed by atoms with van der Waals surface area (Å²) < 4.78 is 14.0. The van der Waals surface area contributed by atoms with Gasteiger partial charge in [-0.3, -0.25) is 39.4 Å². The predicted molar refractivity (Wildman–Crippen MR) is 217 cm³/mol. The van der Waals surface area contributed by atoms with Gasteiger partial charge in [-0.15, -0.1) is 0 Å². The summed E-state index contributed by atoms with van der Waals surface area (Å²) >= 11 is 0. The molecule has 12 heteroatoms. The van der Waals surface area contributed by atoms with Crippen molar-refractivity contribution in [3.63, 3.8) is 0 Å². The Bertz CT molecular complexity index is 2630. The zero-order valence-corrected chi connectivity index (χ0v) is 31.7. The Hall–Kier alpha value is -7.21. The average molecular weight is 771 g/mol. The molecule has 0 saturated carbocycles. The third-order valence-corrected chi connectivity index (χ3v) is 10.8. The van der Waals surface area contributed by atoms with E-state index in [1.807, 2.05) is 72.4 Å². The van der Waals surface area contributed by atoms with Gasteiger partial charge >= 0.3 is 0 Å². The van der Waals surface area contributed by atoms with E-state index < -0.39 is 29.7 Å². The number of imide groups is 2. The van der Waals surface area contributed by atoms with Gasteiger partial charge in [0.1, 0.15) is 23.2 Å². The van der Waals surface area contributed by atoms with Crippen LogP contribution in [0, 0.1) is 0 Å². The zero-order chi connectivity index (χ0) is 39.8. The Labute approximate surface area is 334 Å². The van der Waals surface area contributed by atoms with E-state index >= 15 is 0 Å². The number of aromatic nitrogens is 3. The van der Waals surface area contributed by atoms with E-state index in [9.17, 15) is 19.2 Å². The minimum atomic E-state index is -1.03. The van der Waals surface area contributed by atoms with E-state index in [-0.39, 0.29) is 24.0 Å². The van der Waals surface area contributed by atoms with Gasteiger partial charge in [-0.05, 0) is 102 Å². The molecule has 2 aliphatic heterocycles. The minimum Gasteiger partial charge on any atom is -0.493 e. The lowest BCUT2D eigenvalue weighted by atomic mass is 9.96. The molecule has 58 heavy (non-hydrogen) atoms. The van der Waals surface area contributed by atoms with Crippen molar-refractivity contribution in [2.45, 2.75) is 38.1 Å². The summed E-state index contributed by atoms with van der Waals surface area (Å²) in [6, 6.07) is 29.7. The highest BCUT2D eigenvalue weighted by atomic mass is 16.5. The lowest BCUT2D eigenvalue weighted by molar-refractivity contribution is -0.136. The monoisotopic (exact) mass is 770 g/mol. The largest absolute Gasteiger partial charge is 0.493 e. The van der Waals surface area contributed by atoms with Crippen molar-refractivity contribution in [1.29, 1.82) is 0 Å². The fourth-order valence-electron chi connectivity index (χ4n) is 7.95. The van der Waals surface area contributed by atoms with E-state index in [0.717, 1.165) is 57.3 Å². The molecule has 288 valence electrons. The number of amides is 4. The van der Waals surface area contributed by atoms with Crippen LogP contribution >= 0.6 is 0 Å². The van der Waals surface area contributed by atoms with Gasteiger partial charge in [0.05, 0.1) is 30.0 Å². The third kappa shape index (κ3) is 6.82. The summed E-state index contributed by atoms with van der Waals surface area (Å²) in [5.41, 5.74) is 10.3. The highest BCUT2D eigenvalue weighted by Gasteiger charge is 2.45. The predicted octanol–water partition coefficient (Wildman–Crippen LogP) is 6.88. The number of piperidine rings is 1. The van der Waals surface area contributed by atoms with Gasteiger partial charge in [0.15, 0.2) is 0 Å². The molecule has 6 aromatic rings.